The summed E-state index contributed by atoms with van der Waals surface area (Å²) in [5.74, 6) is -1.49. The van der Waals surface area contributed by atoms with Crippen molar-refractivity contribution in [3.63, 3.8) is 0 Å². The second-order valence-electron chi connectivity index (χ2n) is 7.03. The largest absolute Gasteiger partial charge is 0.481 e. The van der Waals surface area contributed by atoms with E-state index in [9.17, 15) is 14.7 Å². The van der Waals surface area contributed by atoms with Gasteiger partial charge in [-0.15, -0.1) is 0 Å². The topological polar surface area (TPSA) is 66.8 Å². The van der Waals surface area contributed by atoms with Crippen molar-refractivity contribution in [3.8, 4) is 0 Å². The monoisotopic (exact) mass is 345 g/mol. The van der Waals surface area contributed by atoms with Gasteiger partial charge in [0.1, 0.15) is 5.92 Å². The van der Waals surface area contributed by atoms with E-state index in [2.05, 4.69) is 0 Å². The highest BCUT2D eigenvalue weighted by molar-refractivity contribution is 6.01. The summed E-state index contributed by atoms with van der Waals surface area (Å²) >= 11 is 0. The molecule has 5 heteroatoms. The Morgan fingerprint density at radius 3 is 2.68 bits per heavy atom. The molecule has 2 aliphatic rings. The quantitative estimate of drug-likeness (QED) is 0.802. The molecule has 1 aliphatic carbocycles. The van der Waals surface area contributed by atoms with Crippen molar-refractivity contribution < 1.29 is 19.4 Å². The molecule has 0 saturated heterocycles. The molecule has 136 valence electrons. The molecular formula is C20H27NO4. The molecule has 1 aromatic carbocycles. The highest BCUT2D eigenvalue weighted by Crippen LogP contribution is 2.49. The number of carbonyl (C=O) groups is 2. The van der Waals surface area contributed by atoms with Gasteiger partial charge in [-0.3, -0.25) is 9.59 Å². The molecule has 1 fully saturated rings. The van der Waals surface area contributed by atoms with Gasteiger partial charge in [0.25, 0.3) is 5.91 Å². The molecular weight excluding hydrogens is 318 g/mol. The summed E-state index contributed by atoms with van der Waals surface area (Å²) in [6.45, 7) is 3.75. The van der Waals surface area contributed by atoms with Crippen molar-refractivity contribution in [1.82, 2.24) is 4.90 Å². The normalized spacial score (nSPS) is 22.0. The summed E-state index contributed by atoms with van der Waals surface area (Å²) in [5.41, 5.74) is 0.632. The minimum absolute atomic E-state index is 0.0218. The van der Waals surface area contributed by atoms with Gasteiger partial charge in [-0.1, -0.05) is 37.5 Å². The first-order chi connectivity index (χ1) is 12.1. The summed E-state index contributed by atoms with van der Waals surface area (Å²) in [5, 5.41) is 10.1. The number of rotatable bonds is 6. The van der Waals surface area contributed by atoms with Gasteiger partial charge in [0.15, 0.2) is 0 Å². The van der Waals surface area contributed by atoms with E-state index < -0.39 is 17.4 Å². The number of hydrogen-bond donors (Lipinski definition) is 1. The molecule has 0 unspecified atom stereocenters. The van der Waals surface area contributed by atoms with Crippen molar-refractivity contribution in [2.75, 3.05) is 19.8 Å². The minimum Gasteiger partial charge on any atom is -0.481 e. The van der Waals surface area contributed by atoms with Gasteiger partial charge in [-0.2, -0.15) is 0 Å². The number of nitrogens with zero attached hydrogens (tertiary/aromatic N) is 1. The molecule has 5 nitrogen and oxygen atoms in total. The molecule has 1 spiro atoms. The highest BCUT2D eigenvalue weighted by Gasteiger charge is 2.54. The lowest BCUT2D eigenvalue weighted by atomic mass is 9.65. The van der Waals surface area contributed by atoms with Crippen molar-refractivity contribution in [3.05, 3.63) is 35.4 Å². The van der Waals surface area contributed by atoms with Crippen molar-refractivity contribution in [2.24, 2.45) is 0 Å². The predicted octanol–water partition coefficient (Wildman–Crippen LogP) is 3.44. The average Bonchev–Trinajstić information content (AvgIpc) is 2.61. The molecule has 1 aromatic rings. The summed E-state index contributed by atoms with van der Waals surface area (Å²) in [7, 11) is 0. The van der Waals surface area contributed by atoms with E-state index in [1.807, 2.05) is 30.0 Å². The van der Waals surface area contributed by atoms with Crippen LogP contribution >= 0.6 is 0 Å². The maximum atomic E-state index is 13.2. The molecule has 1 N–H and O–H groups in total. The van der Waals surface area contributed by atoms with Crippen LogP contribution < -0.4 is 0 Å². The second kappa shape index (κ2) is 7.56. The zero-order chi connectivity index (χ0) is 17.9. The average molecular weight is 345 g/mol. The third-order valence-electron chi connectivity index (χ3n) is 5.66. The van der Waals surface area contributed by atoms with Gasteiger partial charge in [0.05, 0.1) is 5.54 Å². The van der Waals surface area contributed by atoms with E-state index in [1.54, 1.807) is 6.07 Å². The Kier molecular flexibility index (Phi) is 5.42. The number of aliphatic carboxylic acids is 1. The van der Waals surface area contributed by atoms with E-state index in [0.717, 1.165) is 38.5 Å². The number of amides is 1. The van der Waals surface area contributed by atoms with E-state index in [1.165, 1.54) is 0 Å². The predicted molar refractivity (Wildman–Crippen MR) is 94.8 cm³/mol. The first-order valence-corrected chi connectivity index (χ1v) is 9.33. The molecule has 1 atom stereocenters. The Morgan fingerprint density at radius 2 is 2.00 bits per heavy atom. The van der Waals surface area contributed by atoms with Crippen molar-refractivity contribution in [1.29, 1.82) is 0 Å². The van der Waals surface area contributed by atoms with Gasteiger partial charge in [0, 0.05) is 25.3 Å². The van der Waals surface area contributed by atoms with E-state index >= 15 is 0 Å². The molecule has 0 bridgehead atoms. The highest BCUT2D eigenvalue weighted by atomic mass is 16.5. The van der Waals surface area contributed by atoms with Crippen LogP contribution in [0.4, 0.5) is 0 Å². The smallest absolute Gasteiger partial charge is 0.313 e. The van der Waals surface area contributed by atoms with E-state index in [4.69, 9.17) is 4.74 Å². The molecule has 0 aromatic heterocycles. The van der Waals surface area contributed by atoms with Gasteiger partial charge < -0.3 is 14.7 Å². The zero-order valence-corrected chi connectivity index (χ0v) is 14.9. The van der Waals surface area contributed by atoms with Gasteiger partial charge in [0.2, 0.25) is 0 Å². The fraction of sp³-hybridized carbons (Fsp3) is 0.600. The van der Waals surface area contributed by atoms with Crippen LogP contribution in [0.1, 0.15) is 67.3 Å². The summed E-state index contributed by atoms with van der Waals surface area (Å²) < 4.78 is 5.43. The van der Waals surface area contributed by atoms with Crippen molar-refractivity contribution in [2.45, 2.75) is 56.9 Å². The molecule has 1 saturated carbocycles. The Balaban J connectivity index is 2.02. The standard InChI is InChI=1S/C20H27NO4/c1-2-25-14-8-13-21-18(22)16-10-5-4-9-15(16)17(19(23)24)20(21)11-6-3-7-12-20/h4-5,9-10,17H,2-3,6-8,11-14H2,1H3,(H,23,24)/t17-/m1/s1. The van der Waals surface area contributed by atoms with Gasteiger partial charge in [-0.25, -0.2) is 0 Å². The number of carboxylic acids is 1. The molecule has 1 aliphatic heterocycles. The Morgan fingerprint density at radius 1 is 1.28 bits per heavy atom. The summed E-state index contributed by atoms with van der Waals surface area (Å²) in [6, 6.07) is 7.23. The van der Waals surface area contributed by atoms with Crippen LogP contribution in [-0.2, 0) is 9.53 Å². The van der Waals surface area contributed by atoms with Gasteiger partial charge >= 0.3 is 5.97 Å². The lowest BCUT2D eigenvalue weighted by molar-refractivity contribution is -0.144. The minimum atomic E-state index is -0.823. The summed E-state index contributed by atoms with van der Waals surface area (Å²) in [6.07, 6.45) is 5.31. The summed E-state index contributed by atoms with van der Waals surface area (Å²) in [4.78, 5) is 27.3. The number of carbonyl (C=O) groups excluding carboxylic acids is 1. The third-order valence-corrected chi connectivity index (χ3v) is 5.66. The van der Waals surface area contributed by atoms with Crippen LogP contribution in [0, 0.1) is 0 Å². The van der Waals surface area contributed by atoms with Crippen LogP contribution in [0.15, 0.2) is 24.3 Å². The van der Waals surface area contributed by atoms with E-state index in [-0.39, 0.29) is 5.91 Å². The van der Waals surface area contributed by atoms with Crippen LogP contribution in [0.3, 0.4) is 0 Å². The number of ether oxygens (including phenoxy) is 1. The maximum absolute atomic E-state index is 13.2. The van der Waals surface area contributed by atoms with Crippen LogP contribution in [0.2, 0.25) is 0 Å². The Hall–Kier alpha value is -1.88. The molecule has 25 heavy (non-hydrogen) atoms. The maximum Gasteiger partial charge on any atom is 0.313 e. The zero-order valence-electron chi connectivity index (χ0n) is 14.9. The fourth-order valence-corrected chi connectivity index (χ4v) is 4.62. The number of benzene rings is 1. The number of hydrogen-bond acceptors (Lipinski definition) is 3. The van der Waals surface area contributed by atoms with Gasteiger partial charge in [-0.05, 0) is 37.8 Å². The molecule has 0 radical (unpaired) electrons. The Labute approximate surface area is 149 Å². The molecule has 1 heterocycles. The second-order valence-corrected chi connectivity index (χ2v) is 7.03. The third kappa shape index (κ3) is 3.17. The first-order valence-electron chi connectivity index (χ1n) is 9.33. The Bertz CT molecular complexity index is 636. The lowest BCUT2D eigenvalue weighted by Crippen LogP contribution is -2.61. The van der Waals surface area contributed by atoms with Crippen molar-refractivity contribution >= 4 is 11.9 Å². The van der Waals surface area contributed by atoms with Crippen LogP contribution in [-0.4, -0.2) is 47.2 Å². The first kappa shape index (κ1) is 17.9. The van der Waals surface area contributed by atoms with Crippen LogP contribution in [0.5, 0.6) is 0 Å². The molecule has 3 rings (SSSR count). The SMILES string of the molecule is CCOCCCN1C(=O)c2ccccc2[C@H](C(=O)O)C12CCCCC2. The number of fused-ring (bicyclic) bond motifs is 1. The lowest BCUT2D eigenvalue weighted by Gasteiger charge is -2.53. The fourth-order valence-electron chi connectivity index (χ4n) is 4.62. The van der Waals surface area contributed by atoms with Crippen LogP contribution in [0.25, 0.3) is 0 Å². The number of carboxylic acid groups (broad SMARTS) is 1. The van der Waals surface area contributed by atoms with E-state index in [0.29, 0.717) is 30.9 Å². The molecule has 1 amide bonds.